The maximum atomic E-state index is 12.3. The number of ether oxygens (including phenoxy) is 1. The van der Waals surface area contributed by atoms with Crippen LogP contribution in [0.1, 0.15) is 30.1 Å². The van der Waals surface area contributed by atoms with Gasteiger partial charge in [-0.1, -0.05) is 24.9 Å². The Morgan fingerprint density at radius 1 is 1.12 bits per heavy atom. The minimum Gasteiger partial charge on any atom is -0.494 e. The normalized spacial score (nSPS) is 10.5. The molecule has 0 atom stereocenters. The fourth-order valence-electron chi connectivity index (χ4n) is 2.28. The van der Waals surface area contributed by atoms with E-state index in [0.717, 1.165) is 24.2 Å². The molecule has 26 heavy (non-hydrogen) atoms. The smallest absolute Gasteiger partial charge is 0.256 e. The molecule has 0 fully saturated rings. The van der Waals surface area contributed by atoms with Crippen molar-refractivity contribution in [2.24, 2.45) is 0 Å². The van der Waals surface area contributed by atoms with Gasteiger partial charge in [0.25, 0.3) is 5.91 Å². The molecule has 7 heteroatoms. The highest BCUT2D eigenvalue weighted by Crippen LogP contribution is 2.26. The van der Waals surface area contributed by atoms with Crippen molar-refractivity contribution < 1.29 is 14.2 Å². The van der Waals surface area contributed by atoms with Crippen LogP contribution in [-0.2, 0) is 0 Å². The number of nitrogens with zero attached hydrogens (tertiary/aromatic N) is 2. The molecule has 0 saturated heterocycles. The Bertz CT molecular complexity index is 860. The summed E-state index contributed by atoms with van der Waals surface area (Å²) in [6.45, 7) is 2.80. The van der Waals surface area contributed by atoms with Crippen molar-refractivity contribution in [2.45, 2.75) is 19.8 Å². The van der Waals surface area contributed by atoms with Gasteiger partial charge in [-0.3, -0.25) is 4.79 Å². The number of nitrogens with one attached hydrogen (secondary N) is 1. The fourth-order valence-corrected chi connectivity index (χ4v) is 2.41. The summed E-state index contributed by atoms with van der Waals surface area (Å²) in [5.74, 6) is 0.716. The number of anilines is 1. The Kier molecular flexibility index (Phi) is 5.86. The number of amides is 1. The molecule has 0 bridgehead atoms. The lowest BCUT2D eigenvalue weighted by Gasteiger charge is -2.06. The molecule has 1 aromatic heterocycles. The first kappa shape index (κ1) is 17.9. The first-order chi connectivity index (χ1) is 12.7. The summed E-state index contributed by atoms with van der Waals surface area (Å²) in [5.41, 5.74) is 1.68. The second kappa shape index (κ2) is 8.49. The molecule has 0 radical (unpaired) electrons. The zero-order chi connectivity index (χ0) is 18.4. The van der Waals surface area contributed by atoms with Crippen LogP contribution in [0.2, 0.25) is 5.02 Å². The van der Waals surface area contributed by atoms with E-state index >= 15 is 0 Å². The van der Waals surface area contributed by atoms with E-state index < -0.39 is 0 Å². The molecule has 0 saturated carbocycles. The summed E-state index contributed by atoms with van der Waals surface area (Å²) in [4.78, 5) is 12.3. The highest BCUT2D eigenvalue weighted by atomic mass is 35.5. The number of hydrogen-bond donors (Lipinski definition) is 1. The molecule has 0 aliphatic rings. The van der Waals surface area contributed by atoms with Crippen LogP contribution in [-0.4, -0.2) is 22.8 Å². The SMILES string of the molecule is CCCCOc1ccc(-c2nonc2NC(=O)c2ccc(Cl)cc2)cc1. The highest BCUT2D eigenvalue weighted by Gasteiger charge is 2.16. The van der Waals surface area contributed by atoms with Gasteiger partial charge in [-0.25, -0.2) is 4.63 Å². The molecule has 3 aromatic rings. The first-order valence-electron chi connectivity index (χ1n) is 8.30. The van der Waals surface area contributed by atoms with Gasteiger partial charge in [0, 0.05) is 16.1 Å². The Hall–Kier alpha value is -2.86. The third kappa shape index (κ3) is 4.40. The number of halogens is 1. The van der Waals surface area contributed by atoms with Crippen molar-refractivity contribution in [1.29, 1.82) is 0 Å². The van der Waals surface area contributed by atoms with E-state index in [9.17, 15) is 4.79 Å². The number of benzene rings is 2. The van der Waals surface area contributed by atoms with E-state index in [-0.39, 0.29) is 11.7 Å². The van der Waals surface area contributed by atoms with Crippen LogP contribution in [0.15, 0.2) is 53.2 Å². The average molecular weight is 372 g/mol. The van der Waals surface area contributed by atoms with E-state index in [0.29, 0.717) is 22.9 Å². The molecule has 0 spiro atoms. The summed E-state index contributed by atoms with van der Waals surface area (Å²) < 4.78 is 10.4. The summed E-state index contributed by atoms with van der Waals surface area (Å²) in [7, 11) is 0. The number of hydrogen-bond acceptors (Lipinski definition) is 5. The molecule has 3 rings (SSSR count). The summed E-state index contributed by atoms with van der Waals surface area (Å²) in [6.07, 6.45) is 2.09. The molecule has 0 aliphatic carbocycles. The van der Waals surface area contributed by atoms with Crippen LogP contribution in [0.3, 0.4) is 0 Å². The predicted octanol–water partition coefficient (Wildman–Crippen LogP) is 4.82. The largest absolute Gasteiger partial charge is 0.494 e. The number of rotatable bonds is 7. The number of carbonyl (C=O) groups is 1. The van der Waals surface area contributed by atoms with Crippen molar-refractivity contribution >= 4 is 23.3 Å². The molecule has 2 aromatic carbocycles. The second-order valence-corrected chi connectivity index (χ2v) is 6.09. The van der Waals surface area contributed by atoms with Crippen LogP contribution in [0.25, 0.3) is 11.3 Å². The van der Waals surface area contributed by atoms with E-state index in [4.69, 9.17) is 21.0 Å². The third-order valence-corrected chi connectivity index (χ3v) is 3.97. The van der Waals surface area contributed by atoms with E-state index in [1.165, 1.54) is 0 Å². The predicted molar refractivity (Wildman–Crippen MR) is 99.5 cm³/mol. The minimum absolute atomic E-state index is 0.254. The molecule has 0 aliphatic heterocycles. The maximum absolute atomic E-state index is 12.3. The van der Waals surface area contributed by atoms with E-state index in [1.807, 2.05) is 24.3 Å². The van der Waals surface area contributed by atoms with Gasteiger partial charge in [0.05, 0.1) is 6.61 Å². The maximum Gasteiger partial charge on any atom is 0.256 e. The summed E-state index contributed by atoms with van der Waals surface area (Å²) in [6, 6.07) is 14.0. The Morgan fingerprint density at radius 2 is 1.85 bits per heavy atom. The quantitative estimate of drug-likeness (QED) is 0.602. The number of carbonyl (C=O) groups excluding carboxylic acids is 1. The molecule has 6 nitrogen and oxygen atoms in total. The van der Waals surface area contributed by atoms with E-state index in [1.54, 1.807) is 24.3 Å². The summed E-state index contributed by atoms with van der Waals surface area (Å²) >= 11 is 5.84. The first-order valence-corrected chi connectivity index (χ1v) is 8.68. The zero-order valence-corrected chi connectivity index (χ0v) is 15.0. The molecule has 1 N–H and O–H groups in total. The van der Waals surface area contributed by atoms with Gasteiger partial charge >= 0.3 is 0 Å². The van der Waals surface area contributed by atoms with Crippen molar-refractivity contribution in [3.05, 3.63) is 59.1 Å². The minimum atomic E-state index is -0.321. The van der Waals surface area contributed by atoms with Crippen molar-refractivity contribution in [1.82, 2.24) is 10.3 Å². The van der Waals surface area contributed by atoms with Crippen LogP contribution in [0, 0.1) is 0 Å². The van der Waals surface area contributed by atoms with E-state index in [2.05, 4.69) is 22.6 Å². The lowest BCUT2D eigenvalue weighted by atomic mass is 10.1. The lowest BCUT2D eigenvalue weighted by molar-refractivity contribution is 0.102. The summed E-state index contributed by atoms with van der Waals surface area (Å²) in [5, 5.41) is 10.9. The lowest BCUT2D eigenvalue weighted by Crippen LogP contribution is -2.12. The Morgan fingerprint density at radius 3 is 2.54 bits per heavy atom. The van der Waals surface area contributed by atoms with Crippen LogP contribution < -0.4 is 10.1 Å². The van der Waals surface area contributed by atoms with Crippen molar-refractivity contribution in [3.63, 3.8) is 0 Å². The van der Waals surface area contributed by atoms with Gasteiger partial charge in [0.2, 0.25) is 5.82 Å². The fraction of sp³-hybridized carbons (Fsp3) is 0.211. The van der Waals surface area contributed by atoms with Crippen LogP contribution in [0.5, 0.6) is 5.75 Å². The molecule has 1 amide bonds. The molecule has 134 valence electrons. The van der Waals surface area contributed by atoms with Crippen LogP contribution >= 0.6 is 11.6 Å². The van der Waals surface area contributed by atoms with Gasteiger partial charge in [0.15, 0.2) is 5.69 Å². The van der Waals surface area contributed by atoms with Gasteiger partial charge in [0.1, 0.15) is 5.75 Å². The topological polar surface area (TPSA) is 77.2 Å². The standard InChI is InChI=1S/C19H18ClN3O3/c1-2-3-12-25-16-10-6-13(7-11-16)17-18(23-26-22-17)21-19(24)14-4-8-15(20)9-5-14/h4-11H,2-3,12H2,1H3,(H,21,23,24). The van der Waals surface area contributed by atoms with Crippen LogP contribution in [0.4, 0.5) is 5.82 Å². The molecular weight excluding hydrogens is 354 g/mol. The average Bonchev–Trinajstić information content (AvgIpc) is 3.11. The second-order valence-electron chi connectivity index (χ2n) is 5.65. The molecule has 1 heterocycles. The third-order valence-electron chi connectivity index (χ3n) is 3.72. The Balaban J connectivity index is 1.71. The van der Waals surface area contributed by atoms with Gasteiger partial charge in [-0.15, -0.1) is 0 Å². The number of unbranched alkanes of at least 4 members (excludes halogenated alkanes) is 1. The van der Waals surface area contributed by atoms with Crippen molar-refractivity contribution in [2.75, 3.05) is 11.9 Å². The monoisotopic (exact) mass is 371 g/mol. The molecular formula is C19H18ClN3O3. The van der Waals surface area contributed by atoms with Gasteiger partial charge < -0.3 is 10.1 Å². The van der Waals surface area contributed by atoms with Gasteiger partial charge in [-0.2, -0.15) is 0 Å². The zero-order valence-electron chi connectivity index (χ0n) is 14.2. The highest BCUT2D eigenvalue weighted by molar-refractivity contribution is 6.30. The molecule has 0 unspecified atom stereocenters. The van der Waals surface area contributed by atoms with Crippen molar-refractivity contribution in [3.8, 4) is 17.0 Å². The Labute approximate surface area is 156 Å². The van der Waals surface area contributed by atoms with Gasteiger partial charge in [-0.05, 0) is 65.3 Å². The number of aromatic nitrogens is 2.